The summed E-state index contributed by atoms with van der Waals surface area (Å²) in [6.45, 7) is 0.128. The molecule has 0 aromatic heterocycles. The van der Waals surface area contributed by atoms with Crippen molar-refractivity contribution in [2.45, 2.75) is 6.61 Å². The van der Waals surface area contributed by atoms with Gasteiger partial charge in [0.05, 0.1) is 5.56 Å². The van der Waals surface area contributed by atoms with Gasteiger partial charge in [0.15, 0.2) is 0 Å². The van der Waals surface area contributed by atoms with Gasteiger partial charge in [-0.15, -0.1) is 0 Å². The van der Waals surface area contributed by atoms with E-state index in [1.165, 1.54) is 0 Å². The summed E-state index contributed by atoms with van der Waals surface area (Å²) in [5.41, 5.74) is 7.31. The van der Waals surface area contributed by atoms with Crippen molar-refractivity contribution >= 4 is 45.8 Å². The first kappa shape index (κ1) is 14.1. The van der Waals surface area contributed by atoms with Crippen molar-refractivity contribution in [2.75, 3.05) is 5.73 Å². The Morgan fingerprint density at radius 2 is 2.00 bits per heavy atom. The zero-order chi connectivity index (χ0) is 13.8. The van der Waals surface area contributed by atoms with Crippen molar-refractivity contribution in [3.63, 3.8) is 0 Å². The molecule has 0 aliphatic rings. The van der Waals surface area contributed by atoms with Crippen molar-refractivity contribution in [3.05, 3.63) is 62.2 Å². The Kier molecular flexibility index (Phi) is 4.66. The number of carbonyl (C=O) groups excluding carboxylic acids is 1. The van der Waals surface area contributed by atoms with E-state index in [1.807, 2.05) is 24.3 Å². The molecule has 2 rings (SSSR count). The SMILES string of the molecule is Nc1ccc(I)cc1C(=O)OCc1ccccc1Cl. The van der Waals surface area contributed by atoms with Gasteiger partial charge in [0.25, 0.3) is 0 Å². The number of nitrogens with two attached hydrogens (primary N) is 1. The molecule has 0 aliphatic carbocycles. The van der Waals surface area contributed by atoms with Gasteiger partial charge in [0.2, 0.25) is 0 Å². The number of rotatable bonds is 3. The van der Waals surface area contributed by atoms with Crippen molar-refractivity contribution in [2.24, 2.45) is 0 Å². The Balaban J connectivity index is 2.10. The van der Waals surface area contributed by atoms with Crippen LogP contribution < -0.4 is 5.73 Å². The molecular weight excluding hydrogens is 377 g/mol. The highest BCUT2D eigenvalue weighted by Crippen LogP contribution is 2.19. The molecule has 0 aliphatic heterocycles. The second-order valence-corrected chi connectivity index (χ2v) is 5.55. The maximum Gasteiger partial charge on any atom is 0.340 e. The normalized spacial score (nSPS) is 10.2. The molecule has 19 heavy (non-hydrogen) atoms. The Hall–Kier alpha value is -1.27. The van der Waals surface area contributed by atoms with E-state index in [0.717, 1.165) is 9.13 Å². The summed E-state index contributed by atoms with van der Waals surface area (Å²) in [5, 5.41) is 0.575. The van der Waals surface area contributed by atoms with Crippen LogP contribution in [0.3, 0.4) is 0 Å². The zero-order valence-electron chi connectivity index (χ0n) is 9.90. The Bertz CT molecular complexity index is 616. The maximum atomic E-state index is 12.0. The van der Waals surface area contributed by atoms with Crippen LogP contribution in [-0.4, -0.2) is 5.97 Å². The Morgan fingerprint density at radius 1 is 1.26 bits per heavy atom. The van der Waals surface area contributed by atoms with Crippen molar-refractivity contribution < 1.29 is 9.53 Å². The molecule has 0 spiro atoms. The lowest BCUT2D eigenvalue weighted by Gasteiger charge is -2.08. The van der Waals surface area contributed by atoms with Crippen molar-refractivity contribution in [1.29, 1.82) is 0 Å². The predicted octanol–water partition coefficient (Wildman–Crippen LogP) is 3.88. The molecule has 0 unspecified atom stereocenters. The molecule has 2 N–H and O–H groups in total. The van der Waals surface area contributed by atoms with E-state index in [0.29, 0.717) is 16.3 Å². The van der Waals surface area contributed by atoms with E-state index < -0.39 is 5.97 Å². The van der Waals surface area contributed by atoms with E-state index in [9.17, 15) is 4.79 Å². The molecule has 0 saturated heterocycles. The monoisotopic (exact) mass is 387 g/mol. The van der Waals surface area contributed by atoms with E-state index in [2.05, 4.69) is 22.6 Å². The molecule has 0 atom stereocenters. The van der Waals surface area contributed by atoms with Gasteiger partial charge in [-0.3, -0.25) is 0 Å². The number of esters is 1. The molecule has 0 fully saturated rings. The predicted molar refractivity (Wildman–Crippen MR) is 84.1 cm³/mol. The van der Waals surface area contributed by atoms with Crippen LogP contribution in [0.2, 0.25) is 5.02 Å². The maximum absolute atomic E-state index is 12.0. The molecule has 2 aromatic carbocycles. The highest BCUT2D eigenvalue weighted by Gasteiger charge is 2.12. The lowest BCUT2D eigenvalue weighted by atomic mass is 10.2. The third-order valence-electron chi connectivity index (χ3n) is 2.55. The lowest BCUT2D eigenvalue weighted by molar-refractivity contribution is 0.0474. The molecule has 0 heterocycles. The van der Waals surface area contributed by atoms with Gasteiger partial charge in [-0.25, -0.2) is 4.79 Å². The molecule has 0 bridgehead atoms. The van der Waals surface area contributed by atoms with Gasteiger partial charge in [-0.2, -0.15) is 0 Å². The largest absolute Gasteiger partial charge is 0.457 e. The number of benzene rings is 2. The number of anilines is 1. The lowest BCUT2D eigenvalue weighted by Crippen LogP contribution is -2.08. The summed E-state index contributed by atoms with van der Waals surface area (Å²) in [6, 6.07) is 12.5. The summed E-state index contributed by atoms with van der Waals surface area (Å²) in [6.07, 6.45) is 0. The fourth-order valence-electron chi connectivity index (χ4n) is 1.54. The summed E-state index contributed by atoms with van der Waals surface area (Å²) >= 11 is 8.11. The quantitative estimate of drug-likeness (QED) is 0.494. The molecule has 98 valence electrons. The number of ether oxygens (including phenoxy) is 1. The topological polar surface area (TPSA) is 52.3 Å². The Labute approximate surface area is 129 Å². The second-order valence-electron chi connectivity index (χ2n) is 3.90. The Morgan fingerprint density at radius 3 is 2.74 bits per heavy atom. The second kappa shape index (κ2) is 6.25. The first-order valence-electron chi connectivity index (χ1n) is 5.53. The van der Waals surface area contributed by atoms with Gasteiger partial charge in [0.1, 0.15) is 6.61 Å². The molecular formula is C14H11ClINO2. The van der Waals surface area contributed by atoms with Crippen LogP contribution in [-0.2, 0) is 11.3 Å². The molecule has 3 nitrogen and oxygen atoms in total. The zero-order valence-corrected chi connectivity index (χ0v) is 12.8. The van der Waals surface area contributed by atoms with Gasteiger partial charge in [0, 0.05) is 19.8 Å². The number of hydrogen-bond acceptors (Lipinski definition) is 3. The van der Waals surface area contributed by atoms with Crippen LogP contribution in [0.4, 0.5) is 5.69 Å². The van der Waals surface area contributed by atoms with E-state index in [-0.39, 0.29) is 6.61 Å². The summed E-state index contributed by atoms with van der Waals surface area (Å²) in [7, 11) is 0. The van der Waals surface area contributed by atoms with E-state index in [4.69, 9.17) is 22.1 Å². The van der Waals surface area contributed by atoms with Crippen LogP contribution in [0.25, 0.3) is 0 Å². The van der Waals surface area contributed by atoms with Gasteiger partial charge in [-0.1, -0.05) is 29.8 Å². The highest BCUT2D eigenvalue weighted by atomic mass is 127. The first-order chi connectivity index (χ1) is 9.08. The summed E-state index contributed by atoms with van der Waals surface area (Å²) in [5.74, 6) is -0.448. The first-order valence-corrected chi connectivity index (χ1v) is 6.99. The molecule has 0 amide bonds. The number of carbonyl (C=O) groups is 1. The van der Waals surface area contributed by atoms with Gasteiger partial charge >= 0.3 is 5.97 Å². The number of halogens is 2. The van der Waals surface area contributed by atoms with E-state index in [1.54, 1.807) is 18.2 Å². The van der Waals surface area contributed by atoms with Crippen LogP contribution in [0, 0.1) is 3.57 Å². The average molecular weight is 388 g/mol. The van der Waals surface area contributed by atoms with Crippen LogP contribution in [0.5, 0.6) is 0 Å². The summed E-state index contributed by atoms with van der Waals surface area (Å²) < 4.78 is 6.15. The van der Waals surface area contributed by atoms with Crippen LogP contribution in [0.1, 0.15) is 15.9 Å². The van der Waals surface area contributed by atoms with Crippen molar-refractivity contribution in [3.8, 4) is 0 Å². The number of nitrogen functional groups attached to an aromatic ring is 1. The molecule has 0 saturated carbocycles. The van der Waals surface area contributed by atoms with Gasteiger partial charge in [-0.05, 0) is 46.9 Å². The third kappa shape index (κ3) is 3.61. The fourth-order valence-corrected chi connectivity index (χ4v) is 2.22. The molecule has 0 radical (unpaired) electrons. The van der Waals surface area contributed by atoms with Crippen LogP contribution >= 0.6 is 34.2 Å². The minimum atomic E-state index is -0.448. The third-order valence-corrected chi connectivity index (χ3v) is 3.59. The number of hydrogen-bond donors (Lipinski definition) is 1. The van der Waals surface area contributed by atoms with Crippen LogP contribution in [0.15, 0.2) is 42.5 Å². The van der Waals surface area contributed by atoms with Crippen molar-refractivity contribution in [1.82, 2.24) is 0 Å². The minimum Gasteiger partial charge on any atom is -0.457 e. The fraction of sp³-hybridized carbons (Fsp3) is 0.0714. The molecule has 2 aromatic rings. The minimum absolute atomic E-state index is 0.128. The molecule has 5 heteroatoms. The highest BCUT2D eigenvalue weighted by molar-refractivity contribution is 14.1. The van der Waals surface area contributed by atoms with E-state index >= 15 is 0 Å². The van der Waals surface area contributed by atoms with Gasteiger partial charge < -0.3 is 10.5 Å². The smallest absolute Gasteiger partial charge is 0.340 e. The average Bonchev–Trinajstić information content (AvgIpc) is 2.40. The standard InChI is InChI=1S/C14H11ClINO2/c15-12-4-2-1-3-9(12)8-19-14(18)11-7-10(16)5-6-13(11)17/h1-7H,8,17H2. The summed E-state index contributed by atoms with van der Waals surface area (Å²) in [4.78, 5) is 12.0.